The van der Waals surface area contributed by atoms with Gasteiger partial charge >= 0.3 is 0 Å². The number of Topliss-reactive ketones (excluding diaryl/α,β-unsaturated/α-hetero) is 1. The van der Waals surface area contributed by atoms with Crippen molar-refractivity contribution in [2.75, 3.05) is 13.1 Å². The summed E-state index contributed by atoms with van der Waals surface area (Å²) in [5, 5.41) is 1.65. The van der Waals surface area contributed by atoms with Crippen LogP contribution in [0.5, 0.6) is 5.75 Å². The molecule has 0 radical (unpaired) electrons. The Kier molecular flexibility index (Phi) is 6.61. The standard InChI is InChI=1S/C27H29ClN2O3/c1-5-26(32)29-14-19(15-29)12-21(31)16-30-18(4)27(23-13-20(28)10-11-24(23)30)22-8-6-7-9-25(22)33-17(2)3/h5-11,13,17,19H,1,12,14-16H2,2-4H3. The quantitative estimate of drug-likeness (QED) is 0.404. The predicted molar refractivity (Wildman–Crippen MR) is 133 cm³/mol. The lowest BCUT2D eigenvalue weighted by atomic mass is 9.94. The lowest BCUT2D eigenvalue weighted by Crippen LogP contribution is -2.50. The molecule has 6 heteroatoms. The zero-order valence-electron chi connectivity index (χ0n) is 19.3. The Bertz CT molecular complexity index is 1220. The topological polar surface area (TPSA) is 51.5 Å². The van der Waals surface area contributed by atoms with Crippen LogP contribution in [0.3, 0.4) is 0 Å². The summed E-state index contributed by atoms with van der Waals surface area (Å²) < 4.78 is 8.16. The van der Waals surface area contributed by atoms with Gasteiger partial charge in [0.05, 0.1) is 12.6 Å². The van der Waals surface area contributed by atoms with E-state index in [-0.39, 0.29) is 30.3 Å². The van der Waals surface area contributed by atoms with Gasteiger partial charge in [-0.25, -0.2) is 0 Å². The van der Waals surface area contributed by atoms with Crippen molar-refractivity contribution in [1.29, 1.82) is 0 Å². The number of rotatable bonds is 8. The van der Waals surface area contributed by atoms with Crippen molar-refractivity contribution in [1.82, 2.24) is 9.47 Å². The van der Waals surface area contributed by atoms with E-state index in [1.807, 2.05) is 63.2 Å². The first kappa shape index (κ1) is 23.1. The van der Waals surface area contributed by atoms with Gasteiger partial charge in [0.2, 0.25) is 5.91 Å². The molecule has 1 aromatic heterocycles. The molecule has 0 unspecified atom stereocenters. The molecule has 0 spiro atoms. The number of likely N-dealkylation sites (tertiary alicyclic amines) is 1. The number of fused-ring (bicyclic) bond motifs is 1. The Morgan fingerprint density at radius 2 is 1.94 bits per heavy atom. The van der Waals surface area contributed by atoms with Crippen LogP contribution >= 0.6 is 11.6 Å². The predicted octanol–water partition coefficient (Wildman–Crippen LogP) is 5.66. The normalized spacial score (nSPS) is 13.9. The van der Waals surface area contributed by atoms with Gasteiger partial charge in [0, 0.05) is 58.2 Å². The highest BCUT2D eigenvalue weighted by atomic mass is 35.5. The minimum atomic E-state index is -0.0743. The van der Waals surface area contributed by atoms with Crippen molar-refractivity contribution < 1.29 is 14.3 Å². The number of carbonyl (C=O) groups excluding carboxylic acids is 2. The molecule has 0 atom stereocenters. The molecule has 1 aliphatic heterocycles. The zero-order chi connectivity index (χ0) is 23.7. The Morgan fingerprint density at radius 1 is 1.21 bits per heavy atom. The van der Waals surface area contributed by atoms with Gasteiger partial charge in [-0.3, -0.25) is 9.59 Å². The van der Waals surface area contributed by atoms with E-state index >= 15 is 0 Å². The van der Waals surface area contributed by atoms with Crippen LogP contribution < -0.4 is 4.74 Å². The molecular formula is C27H29ClN2O3. The van der Waals surface area contributed by atoms with Crippen molar-refractivity contribution in [2.24, 2.45) is 5.92 Å². The smallest absolute Gasteiger partial charge is 0.245 e. The number of ether oxygens (including phenoxy) is 1. The highest BCUT2D eigenvalue weighted by molar-refractivity contribution is 6.31. The Balaban J connectivity index is 1.66. The third-order valence-corrected chi connectivity index (χ3v) is 6.33. The summed E-state index contributed by atoms with van der Waals surface area (Å²) in [5.74, 6) is 1.09. The molecule has 33 heavy (non-hydrogen) atoms. The van der Waals surface area contributed by atoms with Crippen LogP contribution in [0, 0.1) is 12.8 Å². The minimum absolute atomic E-state index is 0.0417. The number of hydrogen-bond donors (Lipinski definition) is 0. The van der Waals surface area contributed by atoms with Crippen molar-refractivity contribution in [3.8, 4) is 16.9 Å². The second-order valence-electron chi connectivity index (χ2n) is 8.93. The fraction of sp³-hybridized carbons (Fsp3) is 0.333. The third-order valence-electron chi connectivity index (χ3n) is 6.10. The van der Waals surface area contributed by atoms with E-state index in [2.05, 4.69) is 11.1 Å². The monoisotopic (exact) mass is 464 g/mol. The van der Waals surface area contributed by atoms with Gasteiger partial charge in [0.1, 0.15) is 5.75 Å². The number of benzene rings is 2. The highest BCUT2D eigenvalue weighted by Crippen LogP contribution is 2.40. The van der Waals surface area contributed by atoms with Gasteiger partial charge in [-0.05, 0) is 51.1 Å². The van der Waals surface area contributed by atoms with Gasteiger partial charge < -0.3 is 14.2 Å². The van der Waals surface area contributed by atoms with Crippen LogP contribution in [0.4, 0.5) is 0 Å². The van der Waals surface area contributed by atoms with Crippen molar-refractivity contribution in [2.45, 2.75) is 39.8 Å². The first-order chi connectivity index (χ1) is 15.8. The summed E-state index contributed by atoms with van der Waals surface area (Å²) >= 11 is 6.37. The van der Waals surface area contributed by atoms with E-state index < -0.39 is 0 Å². The maximum atomic E-state index is 13.0. The van der Waals surface area contributed by atoms with Crippen molar-refractivity contribution in [3.05, 3.63) is 65.8 Å². The molecule has 4 rings (SSSR count). The lowest BCUT2D eigenvalue weighted by Gasteiger charge is -2.38. The van der Waals surface area contributed by atoms with Crippen molar-refractivity contribution in [3.63, 3.8) is 0 Å². The number of ketones is 1. The lowest BCUT2D eigenvalue weighted by molar-refractivity contribution is -0.134. The van der Waals surface area contributed by atoms with Gasteiger partial charge in [-0.15, -0.1) is 0 Å². The molecule has 172 valence electrons. The summed E-state index contributed by atoms with van der Waals surface area (Å²) in [4.78, 5) is 26.4. The molecular weight excluding hydrogens is 436 g/mol. The van der Waals surface area contributed by atoms with E-state index in [0.29, 0.717) is 24.5 Å². The minimum Gasteiger partial charge on any atom is -0.490 e. The summed E-state index contributed by atoms with van der Waals surface area (Å²) in [7, 11) is 0. The Labute approximate surface area is 199 Å². The summed E-state index contributed by atoms with van der Waals surface area (Å²) in [5.41, 5.74) is 3.98. The average molecular weight is 465 g/mol. The molecule has 0 N–H and O–H groups in total. The summed E-state index contributed by atoms with van der Waals surface area (Å²) in [6, 6.07) is 13.8. The van der Waals surface area contributed by atoms with E-state index in [4.69, 9.17) is 16.3 Å². The molecule has 1 saturated heterocycles. The molecule has 0 aliphatic carbocycles. The number of hydrogen-bond acceptors (Lipinski definition) is 3. The second-order valence-corrected chi connectivity index (χ2v) is 9.36. The SMILES string of the molecule is C=CC(=O)N1CC(CC(=O)Cn2c(C)c(-c3ccccc3OC(C)C)c3cc(Cl)ccc32)C1. The number of amides is 1. The first-order valence-electron chi connectivity index (χ1n) is 11.3. The molecule has 0 bridgehead atoms. The number of halogens is 1. The molecule has 1 fully saturated rings. The van der Waals surface area contributed by atoms with E-state index in [1.165, 1.54) is 6.08 Å². The zero-order valence-corrected chi connectivity index (χ0v) is 20.1. The van der Waals surface area contributed by atoms with Gasteiger partial charge in [0.15, 0.2) is 5.78 Å². The Morgan fingerprint density at radius 3 is 2.64 bits per heavy atom. The second kappa shape index (κ2) is 9.44. The molecule has 2 heterocycles. The van der Waals surface area contributed by atoms with E-state index in [9.17, 15) is 9.59 Å². The number of aromatic nitrogens is 1. The number of para-hydroxylation sites is 1. The molecule has 5 nitrogen and oxygen atoms in total. The van der Waals surface area contributed by atoms with Crippen LogP contribution in [0.1, 0.15) is 26.0 Å². The first-order valence-corrected chi connectivity index (χ1v) is 11.6. The molecule has 1 aliphatic rings. The van der Waals surface area contributed by atoms with Crippen molar-refractivity contribution >= 4 is 34.2 Å². The van der Waals surface area contributed by atoms with E-state index in [1.54, 1.807) is 4.90 Å². The summed E-state index contributed by atoms with van der Waals surface area (Å²) in [6.45, 7) is 11.1. The van der Waals surface area contributed by atoms with Crippen LogP contribution in [0.15, 0.2) is 55.1 Å². The van der Waals surface area contributed by atoms with E-state index in [0.717, 1.165) is 33.5 Å². The fourth-order valence-electron chi connectivity index (χ4n) is 4.60. The molecule has 0 saturated carbocycles. The largest absolute Gasteiger partial charge is 0.490 e. The third kappa shape index (κ3) is 4.69. The van der Waals surface area contributed by atoms with Gasteiger partial charge in [-0.1, -0.05) is 36.4 Å². The van der Waals surface area contributed by atoms with Crippen LogP contribution in [0.2, 0.25) is 5.02 Å². The van der Waals surface area contributed by atoms with Crippen LogP contribution in [-0.4, -0.2) is 40.4 Å². The maximum Gasteiger partial charge on any atom is 0.245 e. The van der Waals surface area contributed by atoms with Gasteiger partial charge in [0.25, 0.3) is 0 Å². The number of nitrogens with zero attached hydrogens (tertiary/aromatic N) is 2. The van der Waals surface area contributed by atoms with Crippen LogP contribution in [-0.2, 0) is 16.1 Å². The Hall–Kier alpha value is -3.05. The average Bonchev–Trinajstić information content (AvgIpc) is 3.00. The summed E-state index contributed by atoms with van der Waals surface area (Å²) in [6.07, 6.45) is 1.82. The van der Waals surface area contributed by atoms with Crippen LogP contribution in [0.25, 0.3) is 22.0 Å². The van der Waals surface area contributed by atoms with Gasteiger partial charge in [-0.2, -0.15) is 0 Å². The molecule has 2 aromatic carbocycles. The molecule has 1 amide bonds. The number of carbonyl (C=O) groups is 2. The maximum absolute atomic E-state index is 13.0. The molecule has 3 aromatic rings. The fourth-order valence-corrected chi connectivity index (χ4v) is 4.77. The highest BCUT2D eigenvalue weighted by Gasteiger charge is 2.31.